The number of benzene rings is 2. The smallest absolute Gasteiger partial charge is 0.316 e. The molecule has 214 valence electrons. The average molecular weight is 578 g/mol. The summed E-state index contributed by atoms with van der Waals surface area (Å²) < 4.78 is 46.9. The molecular weight excluding hydrogens is 545 g/mol. The van der Waals surface area contributed by atoms with Crippen LogP contribution >= 0.6 is 0 Å². The number of nitriles is 1. The minimum atomic E-state index is -3.95. The zero-order valence-electron chi connectivity index (χ0n) is 22.8. The fourth-order valence-electron chi connectivity index (χ4n) is 5.09. The van der Waals surface area contributed by atoms with Crippen LogP contribution in [0.4, 0.5) is 10.1 Å². The highest BCUT2D eigenvalue weighted by Gasteiger charge is 2.43. The van der Waals surface area contributed by atoms with Gasteiger partial charge in [0.1, 0.15) is 23.9 Å². The number of pyridine rings is 1. The molecule has 0 aliphatic carbocycles. The lowest BCUT2D eigenvalue weighted by atomic mass is 9.79. The van der Waals surface area contributed by atoms with Gasteiger partial charge < -0.3 is 4.74 Å². The third-order valence-electron chi connectivity index (χ3n) is 7.22. The Bertz CT molecular complexity index is 1520. The van der Waals surface area contributed by atoms with Gasteiger partial charge in [0.05, 0.1) is 11.5 Å². The fraction of sp³-hybridized carbons (Fsp3) is 0.355. The van der Waals surface area contributed by atoms with E-state index in [4.69, 9.17) is 10.00 Å². The first-order valence-electron chi connectivity index (χ1n) is 13.7. The summed E-state index contributed by atoms with van der Waals surface area (Å²) in [5.74, 6) is -2.14. The molecule has 3 atom stereocenters. The lowest BCUT2D eigenvalue weighted by Gasteiger charge is -2.34. The number of esters is 1. The minimum absolute atomic E-state index is 0.0989. The number of nitrogens with one attached hydrogen (secondary N) is 1. The molecule has 0 bridgehead atoms. The summed E-state index contributed by atoms with van der Waals surface area (Å²) >= 11 is 0. The van der Waals surface area contributed by atoms with Crippen molar-refractivity contribution >= 4 is 27.5 Å². The highest BCUT2D eigenvalue weighted by Crippen LogP contribution is 2.32. The summed E-state index contributed by atoms with van der Waals surface area (Å²) in [6.45, 7) is 1.98. The molecule has 1 fully saturated rings. The van der Waals surface area contributed by atoms with Crippen LogP contribution in [0.25, 0.3) is 0 Å². The largest absolute Gasteiger partial charge is 0.461 e. The molecule has 0 spiro atoms. The highest BCUT2D eigenvalue weighted by molar-refractivity contribution is 7.92. The van der Waals surface area contributed by atoms with E-state index in [9.17, 15) is 22.4 Å². The molecule has 1 N–H and O–H groups in total. The number of cyclic esters (lactones) is 1. The molecule has 1 aliphatic heterocycles. The van der Waals surface area contributed by atoms with Crippen molar-refractivity contribution in [1.82, 2.24) is 4.98 Å². The van der Waals surface area contributed by atoms with Crippen molar-refractivity contribution in [1.29, 1.82) is 5.26 Å². The van der Waals surface area contributed by atoms with Crippen LogP contribution in [0.5, 0.6) is 0 Å². The van der Waals surface area contributed by atoms with Crippen molar-refractivity contribution < 1.29 is 27.1 Å². The number of Topliss-reactive ketones (excluding diaryl/α,β-unsaturated/α-hetero) is 1. The number of carbonyl (C=O) groups excluding carboxylic acids is 2. The van der Waals surface area contributed by atoms with Gasteiger partial charge in [-0.05, 0) is 86.1 Å². The molecule has 2 heterocycles. The third-order valence-corrected chi connectivity index (χ3v) is 8.51. The molecule has 1 saturated heterocycles. The van der Waals surface area contributed by atoms with Gasteiger partial charge >= 0.3 is 5.97 Å². The lowest BCUT2D eigenvalue weighted by molar-refractivity contribution is -0.171. The Morgan fingerprint density at radius 3 is 2.46 bits per heavy atom. The maximum atomic E-state index is 13.5. The molecule has 0 amide bonds. The molecular formula is C31H32FN3O5S. The van der Waals surface area contributed by atoms with Crippen LogP contribution in [-0.2, 0) is 37.2 Å². The molecule has 10 heteroatoms. The zero-order chi connectivity index (χ0) is 29.4. The van der Waals surface area contributed by atoms with Crippen molar-refractivity contribution in [3.8, 4) is 6.07 Å². The Labute approximate surface area is 239 Å². The van der Waals surface area contributed by atoms with Crippen molar-refractivity contribution in [2.45, 2.75) is 63.0 Å². The van der Waals surface area contributed by atoms with Crippen LogP contribution in [-0.4, -0.2) is 31.3 Å². The van der Waals surface area contributed by atoms with Gasteiger partial charge in [0.15, 0.2) is 10.8 Å². The molecule has 1 aliphatic rings. The van der Waals surface area contributed by atoms with Crippen LogP contribution in [0.3, 0.4) is 0 Å². The SMILES string of the molecule is CCC[C@H]1OC(=O)C(CCCc2cccc(NS(=O)(=O)c3ccc(C#N)cn3)c2)C(=O)[C@@H]1CCc1ccc(F)cc1. The highest BCUT2D eigenvalue weighted by atomic mass is 32.2. The number of halogens is 1. The Kier molecular flexibility index (Phi) is 9.84. The Morgan fingerprint density at radius 1 is 1.00 bits per heavy atom. The first-order chi connectivity index (χ1) is 19.7. The van der Waals surface area contributed by atoms with Crippen LogP contribution in [0.1, 0.15) is 55.7 Å². The minimum Gasteiger partial charge on any atom is -0.461 e. The molecule has 2 aromatic carbocycles. The van der Waals surface area contributed by atoms with Gasteiger partial charge in [-0.3, -0.25) is 14.3 Å². The van der Waals surface area contributed by atoms with E-state index in [0.717, 1.165) is 17.5 Å². The number of carbonyl (C=O) groups is 2. The van der Waals surface area contributed by atoms with Crippen LogP contribution in [0.15, 0.2) is 71.9 Å². The van der Waals surface area contributed by atoms with Crippen molar-refractivity contribution in [3.05, 3.63) is 89.4 Å². The maximum absolute atomic E-state index is 13.5. The van der Waals surface area contributed by atoms with Gasteiger partial charge in [-0.15, -0.1) is 0 Å². The predicted octanol–water partition coefficient (Wildman–Crippen LogP) is 5.38. The van der Waals surface area contributed by atoms with E-state index in [1.54, 1.807) is 30.3 Å². The normalized spacial score (nSPS) is 18.9. The summed E-state index contributed by atoms with van der Waals surface area (Å²) in [6.07, 6.45) is 4.63. The van der Waals surface area contributed by atoms with Crippen LogP contribution in [0.2, 0.25) is 0 Å². The second kappa shape index (κ2) is 13.5. The molecule has 0 radical (unpaired) electrons. The van der Waals surface area contributed by atoms with Gasteiger partial charge in [-0.1, -0.05) is 37.6 Å². The molecule has 8 nitrogen and oxygen atoms in total. The number of sulfonamides is 1. The van der Waals surface area contributed by atoms with E-state index in [1.165, 1.54) is 30.5 Å². The number of anilines is 1. The Morgan fingerprint density at radius 2 is 1.78 bits per heavy atom. The number of hydrogen-bond donors (Lipinski definition) is 1. The van der Waals surface area contributed by atoms with Crippen molar-refractivity contribution in [2.75, 3.05) is 4.72 Å². The van der Waals surface area contributed by atoms with Crippen LogP contribution < -0.4 is 4.72 Å². The van der Waals surface area contributed by atoms with E-state index < -0.39 is 33.9 Å². The molecule has 0 saturated carbocycles. The van der Waals surface area contributed by atoms with E-state index in [0.29, 0.717) is 44.2 Å². The van der Waals surface area contributed by atoms with E-state index in [2.05, 4.69) is 9.71 Å². The zero-order valence-corrected chi connectivity index (χ0v) is 23.6. The van der Waals surface area contributed by atoms with Gasteiger partial charge in [0.2, 0.25) is 0 Å². The lowest BCUT2D eigenvalue weighted by Crippen LogP contribution is -2.46. The summed E-state index contributed by atoms with van der Waals surface area (Å²) in [5.41, 5.74) is 2.37. The number of nitrogens with zero attached hydrogens (tertiary/aromatic N) is 2. The molecule has 4 rings (SSSR count). The van der Waals surface area contributed by atoms with E-state index in [1.807, 2.05) is 19.1 Å². The van der Waals surface area contributed by atoms with Crippen molar-refractivity contribution in [3.63, 3.8) is 0 Å². The molecule has 1 aromatic heterocycles. The number of ether oxygens (including phenoxy) is 1. The fourth-order valence-corrected chi connectivity index (χ4v) is 6.07. The molecule has 41 heavy (non-hydrogen) atoms. The quantitative estimate of drug-likeness (QED) is 0.226. The number of rotatable bonds is 12. The predicted molar refractivity (Wildman–Crippen MR) is 151 cm³/mol. The van der Waals surface area contributed by atoms with E-state index in [-0.39, 0.29) is 22.2 Å². The van der Waals surface area contributed by atoms with E-state index >= 15 is 0 Å². The second-order valence-electron chi connectivity index (χ2n) is 10.2. The first kappa shape index (κ1) is 29.9. The topological polar surface area (TPSA) is 126 Å². The number of aromatic nitrogens is 1. The monoisotopic (exact) mass is 577 g/mol. The standard InChI is InChI=1S/C31H32FN3O5S/c1-2-5-28-26(16-12-21-10-14-24(32)15-11-21)30(36)27(31(37)40-28)9-4-7-22-6-3-8-25(18-22)35-41(38,39)29-17-13-23(19-33)20-34-29/h3,6,8,10-11,13-15,17-18,20,26-28,35H,2,4-5,7,9,12,16H2,1H3/t26-,27?,28-/m1/s1. The first-order valence-corrected chi connectivity index (χ1v) is 15.1. The number of aryl methyl sites for hydroxylation is 2. The number of hydrogen-bond acceptors (Lipinski definition) is 7. The molecule has 1 unspecified atom stereocenters. The molecule has 3 aromatic rings. The summed E-state index contributed by atoms with van der Waals surface area (Å²) in [4.78, 5) is 30.1. The summed E-state index contributed by atoms with van der Waals surface area (Å²) in [5, 5.41) is 8.69. The van der Waals surface area contributed by atoms with Crippen molar-refractivity contribution in [2.24, 2.45) is 11.8 Å². The Balaban J connectivity index is 1.37. The summed E-state index contributed by atoms with van der Waals surface area (Å²) in [7, 11) is -3.95. The Hall–Kier alpha value is -4.10. The number of ketones is 1. The van der Waals surface area contributed by atoms with Gasteiger partial charge in [0.25, 0.3) is 10.0 Å². The van der Waals surface area contributed by atoms with Gasteiger partial charge in [0, 0.05) is 11.9 Å². The van der Waals surface area contributed by atoms with Gasteiger partial charge in [-0.2, -0.15) is 13.7 Å². The van der Waals surface area contributed by atoms with Crippen LogP contribution in [0, 0.1) is 29.0 Å². The second-order valence-corrected chi connectivity index (χ2v) is 11.8. The third kappa shape index (κ3) is 7.76. The average Bonchev–Trinajstić information content (AvgIpc) is 2.95. The van der Waals surface area contributed by atoms with Gasteiger partial charge in [-0.25, -0.2) is 9.37 Å². The summed E-state index contributed by atoms with van der Waals surface area (Å²) in [6, 6.07) is 17.6. The maximum Gasteiger partial charge on any atom is 0.316 e.